The quantitative estimate of drug-likeness (QED) is 0.818. The fourth-order valence-electron chi connectivity index (χ4n) is 2.94. The Hall–Kier alpha value is -3.35. The molecule has 1 heterocycles. The summed E-state index contributed by atoms with van der Waals surface area (Å²) in [6.45, 7) is 1.38. The van der Waals surface area contributed by atoms with Crippen LogP contribution in [0.4, 0.5) is 11.4 Å². The molecule has 0 saturated heterocycles. The number of esters is 1. The Balaban J connectivity index is 1.69. The van der Waals surface area contributed by atoms with E-state index in [9.17, 15) is 14.4 Å². The highest BCUT2D eigenvalue weighted by Gasteiger charge is 2.31. The van der Waals surface area contributed by atoms with Crippen molar-refractivity contribution in [1.29, 1.82) is 0 Å². The second-order valence-corrected chi connectivity index (χ2v) is 6.11. The highest BCUT2D eigenvalue weighted by molar-refractivity contribution is 6.11. The molecule has 7 heteroatoms. The van der Waals surface area contributed by atoms with Crippen LogP contribution in [-0.2, 0) is 25.5 Å². The maximum absolute atomic E-state index is 12.8. The second kappa shape index (κ2) is 7.90. The molecule has 2 amide bonds. The summed E-state index contributed by atoms with van der Waals surface area (Å²) in [6.07, 6.45) is -1.04. The van der Waals surface area contributed by atoms with Crippen molar-refractivity contribution in [2.75, 3.05) is 23.9 Å². The summed E-state index contributed by atoms with van der Waals surface area (Å²) in [5.74, 6) is -0.717. The highest BCUT2D eigenvalue weighted by Crippen LogP contribution is 2.29. The lowest BCUT2D eigenvalue weighted by Crippen LogP contribution is -2.47. The molecule has 3 rings (SSSR count). The first-order valence-electron chi connectivity index (χ1n) is 8.51. The smallest absolute Gasteiger partial charge is 0.311 e. The molecule has 0 unspecified atom stereocenters. The zero-order chi connectivity index (χ0) is 19.4. The first-order valence-corrected chi connectivity index (χ1v) is 8.51. The number of nitrogens with one attached hydrogen (secondary N) is 1. The van der Waals surface area contributed by atoms with E-state index >= 15 is 0 Å². The zero-order valence-corrected chi connectivity index (χ0v) is 15.1. The molecular formula is C20H20N2O5. The van der Waals surface area contributed by atoms with Gasteiger partial charge in [0.1, 0.15) is 12.3 Å². The average molecular weight is 368 g/mol. The molecule has 0 radical (unpaired) electrons. The van der Waals surface area contributed by atoms with Gasteiger partial charge in [-0.05, 0) is 25.1 Å². The molecule has 1 aliphatic rings. The van der Waals surface area contributed by atoms with Crippen LogP contribution < -0.4 is 15.0 Å². The summed E-state index contributed by atoms with van der Waals surface area (Å²) in [4.78, 5) is 38.2. The first kappa shape index (κ1) is 18.4. The van der Waals surface area contributed by atoms with Crippen molar-refractivity contribution in [3.8, 4) is 5.75 Å². The average Bonchev–Trinajstić information content (AvgIpc) is 2.67. The Labute approximate surface area is 156 Å². The van der Waals surface area contributed by atoms with Crippen LogP contribution in [0.15, 0.2) is 48.5 Å². The summed E-state index contributed by atoms with van der Waals surface area (Å²) in [5.41, 5.74) is 1.80. The van der Waals surface area contributed by atoms with Gasteiger partial charge in [-0.1, -0.05) is 30.3 Å². The van der Waals surface area contributed by atoms with Gasteiger partial charge in [-0.3, -0.25) is 19.3 Å². The molecule has 2 aromatic carbocycles. The van der Waals surface area contributed by atoms with Gasteiger partial charge in [0.15, 0.2) is 6.10 Å². The van der Waals surface area contributed by atoms with Crippen molar-refractivity contribution in [3.63, 3.8) is 0 Å². The minimum atomic E-state index is -1.02. The Bertz CT molecular complexity index is 880. The third-order valence-corrected chi connectivity index (χ3v) is 4.22. The summed E-state index contributed by atoms with van der Waals surface area (Å²) < 4.78 is 10.5. The van der Waals surface area contributed by atoms with Gasteiger partial charge in [-0.15, -0.1) is 0 Å². The molecule has 0 saturated carbocycles. The van der Waals surface area contributed by atoms with Crippen molar-refractivity contribution in [1.82, 2.24) is 0 Å². The molecule has 0 bridgehead atoms. The van der Waals surface area contributed by atoms with E-state index in [0.717, 1.165) is 0 Å². The van der Waals surface area contributed by atoms with Crippen molar-refractivity contribution >= 4 is 29.2 Å². The number of carbonyl (C=O) groups is 3. The molecule has 140 valence electrons. The van der Waals surface area contributed by atoms with E-state index in [1.807, 2.05) is 0 Å². The Morgan fingerprint density at radius 1 is 1.15 bits per heavy atom. The van der Waals surface area contributed by atoms with E-state index in [4.69, 9.17) is 9.47 Å². The molecule has 27 heavy (non-hydrogen) atoms. The van der Waals surface area contributed by atoms with Crippen molar-refractivity contribution in [2.24, 2.45) is 0 Å². The van der Waals surface area contributed by atoms with E-state index in [-0.39, 0.29) is 18.9 Å². The number of amides is 2. The number of para-hydroxylation sites is 3. The molecule has 0 aliphatic carbocycles. The van der Waals surface area contributed by atoms with Crippen LogP contribution in [0.1, 0.15) is 12.5 Å². The van der Waals surface area contributed by atoms with E-state index < -0.39 is 18.0 Å². The lowest BCUT2D eigenvalue weighted by molar-refractivity contribution is -0.153. The van der Waals surface area contributed by atoms with Gasteiger partial charge in [0.2, 0.25) is 5.91 Å². The molecular weight excluding hydrogens is 348 g/mol. The number of nitrogens with zero attached hydrogens (tertiary/aromatic N) is 1. The molecule has 2 aromatic rings. The van der Waals surface area contributed by atoms with Gasteiger partial charge in [0.25, 0.3) is 5.91 Å². The monoisotopic (exact) mass is 368 g/mol. The van der Waals surface area contributed by atoms with E-state index in [2.05, 4.69) is 5.32 Å². The summed E-state index contributed by atoms with van der Waals surface area (Å²) in [7, 11) is 1.52. The molecule has 0 fully saturated rings. The second-order valence-electron chi connectivity index (χ2n) is 6.11. The number of hydrogen-bond donors (Lipinski definition) is 1. The van der Waals surface area contributed by atoms with Crippen LogP contribution in [0.25, 0.3) is 0 Å². The number of benzene rings is 2. The largest absolute Gasteiger partial charge is 0.496 e. The lowest BCUT2D eigenvalue weighted by atomic mass is 10.1. The summed E-state index contributed by atoms with van der Waals surface area (Å²) in [5, 5.41) is 2.72. The van der Waals surface area contributed by atoms with Gasteiger partial charge in [0.05, 0.1) is 24.9 Å². The van der Waals surface area contributed by atoms with Crippen LogP contribution in [0.5, 0.6) is 5.75 Å². The third kappa shape index (κ3) is 4.08. The van der Waals surface area contributed by atoms with Gasteiger partial charge in [0, 0.05) is 5.56 Å². The summed E-state index contributed by atoms with van der Waals surface area (Å²) >= 11 is 0. The predicted molar refractivity (Wildman–Crippen MR) is 99.7 cm³/mol. The van der Waals surface area contributed by atoms with Gasteiger partial charge >= 0.3 is 5.97 Å². The van der Waals surface area contributed by atoms with Crippen LogP contribution in [-0.4, -0.2) is 37.5 Å². The fourth-order valence-corrected chi connectivity index (χ4v) is 2.94. The third-order valence-electron chi connectivity index (χ3n) is 4.22. The highest BCUT2D eigenvalue weighted by atomic mass is 16.5. The minimum absolute atomic E-state index is 0.0152. The van der Waals surface area contributed by atoms with E-state index in [0.29, 0.717) is 22.7 Å². The topological polar surface area (TPSA) is 84.9 Å². The van der Waals surface area contributed by atoms with Crippen LogP contribution in [0, 0.1) is 0 Å². The van der Waals surface area contributed by atoms with Crippen molar-refractivity contribution in [2.45, 2.75) is 19.4 Å². The van der Waals surface area contributed by atoms with Gasteiger partial charge in [-0.25, -0.2) is 0 Å². The number of carbonyl (C=O) groups excluding carboxylic acids is 3. The maximum atomic E-state index is 12.8. The minimum Gasteiger partial charge on any atom is -0.496 e. The van der Waals surface area contributed by atoms with E-state index in [1.54, 1.807) is 48.5 Å². The zero-order valence-electron chi connectivity index (χ0n) is 15.1. The number of ether oxygens (including phenoxy) is 2. The molecule has 0 spiro atoms. The molecule has 1 atom stereocenters. The Morgan fingerprint density at radius 2 is 1.85 bits per heavy atom. The number of fused-ring (bicyclic) bond motifs is 1. The predicted octanol–water partition coefficient (Wildman–Crippen LogP) is 2.15. The van der Waals surface area contributed by atoms with Crippen LogP contribution in [0.2, 0.25) is 0 Å². The molecule has 1 N–H and O–H groups in total. The Morgan fingerprint density at radius 3 is 2.63 bits per heavy atom. The van der Waals surface area contributed by atoms with Gasteiger partial charge in [-0.2, -0.15) is 0 Å². The standard InChI is InChI=1S/C20H20N2O5/c1-13(27-19(24)11-14-7-3-6-10-17(14)26-2)20(25)22-12-18(23)21-15-8-4-5-9-16(15)22/h3-10,13H,11-12H2,1-2H3,(H,21,23)/t13-/m0/s1. The summed E-state index contributed by atoms with van der Waals surface area (Å²) in [6, 6.07) is 14.1. The SMILES string of the molecule is COc1ccccc1CC(=O)O[C@@H](C)C(=O)N1CC(=O)Nc2ccccc21. The normalized spacial score (nSPS) is 14.0. The number of methoxy groups -OCH3 is 1. The number of hydrogen-bond acceptors (Lipinski definition) is 5. The van der Waals surface area contributed by atoms with Crippen LogP contribution in [0.3, 0.4) is 0 Å². The molecule has 0 aromatic heterocycles. The first-order chi connectivity index (χ1) is 13.0. The van der Waals surface area contributed by atoms with Crippen LogP contribution >= 0.6 is 0 Å². The molecule has 1 aliphatic heterocycles. The van der Waals surface area contributed by atoms with Crippen molar-refractivity contribution in [3.05, 3.63) is 54.1 Å². The van der Waals surface area contributed by atoms with Gasteiger partial charge < -0.3 is 14.8 Å². The number of anilines is 2. The van der Waals surface area contributed by atoms with E-state index in [1.165, 1.54) is 18.9 Å². The fraction of sp³-hybridized carbons (Fsp3) is 0.250. The molecule has 7 nitrogen and oxygen atoms in total. The Kier molecular flexibility index (Phi) is 5.40. The number of rotatable bonds is 5. The lowest BCUT2D eigenvalue weighted by Gasteiger charge is -2.30. The van der Waals surface area contributed by atoms with Crippen molar-refractivity contribution < 1.29 is 23.9 Å². The maximum Gasteiger partial charge on any atom is 0.311 e.